The molecule has 0 aliphatic heterocycles. The molecule has 0 amide bonds. The van der Waals surface area contributed by atoms with Crippen LogP contribution in [0.3, 0.4) is 0 Å². The Kier molecular flexibility index (Phi) is 4.76. The van der Waals surface area contributed by atoms with E-state index in [1.54, 1.807) is 26.2 Å². The Hall–Kier alpha value is -1.07. The molecule has 1 atom stereocenters. The standard InChI is InChI=1S/C13H21NO3S/c1-6-11(4)14-18(15,16)13-8-9(2)12(17-5)7-10(13)3/h7-8,11,14H,6H2,1-5H3/t11-/m0/s1. The summed E-state index contributed by atoms with van der Waals surface area (Å²) < 4.78 is 32.3. The van der Waals surface area contributed by atoms with E-state index in [4.69, 9.17) is 4.74 Å². The molecule has 0 aromatic heterocycles. The number of hydrogen-bond acceptors (Lipinski definition) is 3. The summed E-state index contributed by atoms with van der Waals surface area (Å²) in [6.07, 6.45) is 0.757. The summed E-state index contributed by atoms with van der Waals surface area (Å²) in [5.41, 5.74) is 1.50. The van der Waals surface area contributed by atoms with Crippen LogP contribution in [0.5, 0.6) is 5.75 Å². The van der Waals surface area contributed by atoms with Gasteiger partial charge >= 0.3 is 0 Å². The van der Waals surface area contributed by atoms with Gasteiger partial charge in [-0.15, -0.1) is 0 Å². The largest absolute Gasteiger partial charge is 0.496 e. The Bertz CT molecular complexity index is 523. The van der Waals surface area contributed by atoms with Crippen LogP contribution in [0.25, 0.3) is 0 Å². The summed E-state index contributed by atoms with van der Waals surface area (Å²) in [5, 5.41) is 0. The van der Waals surface area contributed by atoms with E-state index in [2.05, 4.69) is 4.72 Å². The number of hydrogen-bond donors (Lipinski definition) is 1. The Morgan fingerprint density at radius 2 is 1.89 bits per heavy atom. The van der Waals surface area contributed by atoms with Crippen molar-refractivity contribution in [3.05, 3.63) is 23.3 Å². The SMILES string of the molecule is CC[C@H](C)NS(=O)(=O)c1cc(C)c(OC)cc1C. The lowest BCUT2D eigenvalue weighted by atomic mass is 10.1. The van der Waals surface area contributed by atoms with Crippen LogP contribution in [0.15, 0.2) is 17.0 Å². The van der Waals surface area contributed by atoms with Crippen molar-refractivity contribution in [2.45, 2.75) is 45.1 Å². The highest BCUT2D eigenvalue weighted by Crippen LogP contribution is 2.25. The molecule has 5 heteroatoms. The van der Waals surface area contributed by atoms with Crippen molar-refractivity contribution in [3.8, 4) is 5.75 Å². The van der Waals surface area contributed by atoms with Gasteiger partial charge in [0.1, 0.15) is 5.75 Å². The molecule has 0 saturated heterocycles. The topological polar surface area (TPSA) is 55.4 Å². The van der Waals surface area contributed by atoms with Crippen LogP contribution < -0.4 is 9.46 Å². The maximum atomic E-state index is 12.2. The molecule has 0 heterocycles. The van der Waals surface area contributed by atoms with E-state index >= 15 is 0 Å². The second kappa shape index (κ2) is 5.71. The van der Waals surface area contributed by atoms with Crippen LogP contribution >= 0.6 is 0 Å². The van der Waals surface area contributed by atoms with Gasteiger partial charge in [0, 0.05) is 6.04 Å². The monoisotopic (exact) mass is 271 g/mol. The van der Waals surface area contributed by atoms with Gasteiger partial charge in [-0.25, -0.2) is 13.1 Å². The Morgan fingerprint density at radius 1 is 1.28 bits per heavy atom. The van der Waals surface area contributed by atoms with Gasteiger partial charge in [-0.05, 0) is 50.5 Å². The van der Waals surface area contributed by atoms with Crippen LogP contribution in [0.2, 0.25) is 0 Å². The quantitative estimate of drug-likeness (QED) is 0.894. The highest BCUT2D eigenvalue weighted by Gasteiger charge is 2.20. The van der Waals surface area contributed by atoms with Gasteiger partial charge in [-0.2, -0.15) is 0 Å². The number of methoxy groups -OCH3 is 1. The van der Waals surface area contributed by atoms with Crippen LogP contribution in [0.4, 0.5) is 0 Å². The Morgan fingerprint density at radius 3 is 2.39 bits per heavy atom. The summed E-state index contributed by atoms with van der Waals surface area (Å²) >= 11 is 0. The average Bonchev–Trinajstić information content (AvgIpc) is 2.30. The molecule has 102 valence electrons. The lowest BCUT2D eigenvalue weighted by Gasteiger charge is -2.15. The van der Waals surface area contributed by atoms with Gasteiger partial charge in [0.2, 0.25) is 10.0 Å². The summed E-state index contributed by atoms with van der Waals surface area (Å²) in [6.45, 7) is 7.40. The van der Waals surface area contributed by atoms with Gasteiger partial charge in [-0.1, -0.05) is 6.92 Å². The fourth-order valence-electron chi connectivity index (χ4n) is 1.68. The number of ether oxygens (including phenoxy) is 1. The van der Waals surface area contributed by atoms with Crippen LogP contribution in [-0.2, 0) is 10.0 Å². The first kappa shape index (κ1) is 15.0. The fraction of sp³-hybridized carbons (Fsp3) is 0.538. The highest BCUT2D eigenvalue weighted by molar-refractivity contribution is 7.89. The van der Waals surface area contributed by atoms with Crippen molar-refractivity contribution in [2.24, 2.45) is 0 Å². The molecule has 0 aliphatic carbocycles. The zero-order valence-electron chi connectivity index (χ0n) is 11.6. The molecule has 0 bridgehead atoms. The van der Waals surface area contributed by atoms with E-state index in [1.807, 2.05) is 20.8 Å². The predicted molar refractivity (Wildman–Crippen MR) is 72.5 cm³/mol. The smallest absolute Gasteiger partial charge is 0.241 e. The first-order chi connectivity index (χ1) is 8.31. The minimum atomic E-state index is -3.46. The third kappa shape index (κ3) is 3.23. The molecule has 0 aliphatic rings. The van der Waals surface area contributed by atoms with Crippen molar-refractivity contribution in [3.63, 3.8) is 0 Å². The van der Waals surface area contributed by atoms with Crippen molar-refractivity contribution in [2.75, 3.05) is 7.11 Å². The van der Waals surface area contributed by atoms with E-state index in [0.29, 0.717) is 16.2 Å². The molecule has 18 heavy (non-hydrogen) atoms. The molecule has 1 N–H and O–H groups in total. The molecule has 4 nitrogen and oxygen atoms in total. The second-order valence-corrected chi connectivity index (χ2v) is 6.20. The van der Waals surface area contributed by atoms with Crippen molar-refractivity contribution in [1.82, 2.24) is 4.72 Å². The van der Waals surface area contributed by atoms with E-state index < -0.39 is 10.0 Å². The maximum absolute atomic E-state index is 12.2. The van der Waals surface area contributed by atoms with Crippen LogP contribution in [-0.4, -0.2) is 21.6 Å². The van der Waals surface area contributed by atoms with Crippen LogP contribution in [0, 0.1) is 13.8 Å². The molecular weight excluding hydrogens is 250 g/mol. The molecule has 0 radical (unpaired) electrons. The first-order valence-corrected chi connectivity index (χ1v) is 7.47. The van der Waals surface area contributed by atoms with Crippen molar-refractivity contribution < 1.29 is 13.2 Å². The Balaban J connectivity index is 3.21. The minimum Gasteiger partial charge on any atom is -0.496 e. The molecule has 1 aromatic carbocycles. The molecular formula is C13H21NO3S. The number of benzene rings is 1. The average molecular weight is 271 g/mol. The summed E-state index contributed by atoms with van der Waals surface area (Å²) in [6, 6.07) is 3.33. The normalized spacial score (nSPS) is 13.4. The summed E-state index contributed by atoms with van der Waals surface area (Å²) in [4.78, 5) is 0.320. The maximum Gasteiger partial charge on any atom is 0.241 e. The van der Waals surface area contributed by atoms with Gasteiger partial charge in [0.25, 0.3) is 0 Å². The van der Waals surface area contributed by atoms with E-state index in [-0.39, 0.29) is 6.04 Å². The molecule has 0 fully saturated rings. The van der Waals surface area contributed by atoms with Gasteiger partial charge in [-0.3, -0.25) is 0 Å². The highest BCUT2D eigenvalue weighted by atomic mass is 32.2. The second-order valence-electron chi connectivity index (χ2n) is 4.52. The molecule has 1 aromatic rings. The lowest BCUT2D eigenvalue weighted by Crippen LogP contribution is -2.32. The first-order valence-electron chi connectivity index (χ1n) is 5.99. The third-order valence-electron chi connectivity index (χ3n) is 2.95. The van der Waals surface area contributed by atoms with Crippen LogP contribution in [0.1, 0.15) is 31.4 Å². The molecule has 1 rings (SSSR count). The Labute approximate surface area is 109 Å². The van der Waals surface area contributed by atoms with E-state index in [9.17, 15) is 8.42 Å². The number of aryl methyl sites for hydroxylation is 2. The van der Waals surface area contributed by atoms with Crippen molar-refractivity contribution in [1.29, 1.82) is 0 Å². The third-order valence-corrected chi connectivity index (χ3v) is 4.68. The fourth-order valence-corrected chi connectivity index (χ4v) is 3.32. The van der Waals surface area contributed by atoms with Gasteiger partial charge in [0.15, 0.2) is 0 Å². The summed E-state index contributed by atoms with van der Waals surface area (Å²) in [5.74, 6) is 0.704. The minimum absolute atomic E-state index is 0.0724. The lowest BCUT2D eigenvalue weighted by molar-refractivity contribution is 0.411. The van der Waals surface area contributed by atoms with E-state index in [1.165, 1.54) is 0 Å². The molecule has 0 unspecified atom stereocenters. The van der Waals surface area contributed by atoms with Gasteiger partial charge < -0.3 is 4.74 Å². The number of sulfonamides is 1. The number of nitrogens with one attached hydrogen (secondary N) is 1. The zero-order valence-corrected chi connectivity index (χ0v) is 12.4. The molecule has 0 saturated carbocycles. The van der Waals surface area contributed by atoms with Gasteiger partial charge in [0.05, 0.1) is 12.0 Å². The van der Waals surface area contributed by atoms with Crippen molar-refractivity contribution >= 4 is 10.0 Å². The van der Waals surface area contributed by atoms with E-state index in [0.717, 1.165) is 12.0 Å². The summed E-state index contributed by atoms with van der Waals surface area (Å²) in [7, 11) is -1.88. The number of rotatable bonds is 5. The zero-order chi connectivity index (χ0) is 13.9. The predicted octanol–water partition coefficient (Wildman–Crippen LogP) is 2.39. The molecule has 0 spiro atoms.